The maximum Gasteiger partial charge on any atom is 0.224 e. The van der Waals surface area contributed by atoms with Crippen LogP contribution in [0.5, 0.6) is 0 Å². The predicted molar refractivity (Wildman–Crippen MR) is 121 cm³/mol. The van der Waals surface area contributed by atoms with E-state index in [0.717, 1.165) is 50.2 Å². The van der Waals surface area contributed by atoms with Gasteiger partial charge in [-0.15, -0.1) is 0 Å². The van der Waals surface area contributed by atoms with Gasteiger partial charge in [-0.05, 0) is 73.5 Å². The zero-order chi connectivity index (χ0) is 24.2. The minimum absolute atomic E-state index is 0.0196. The molecule has 0 saturated carbocycles. The second kappa shape index (κ2) is 10.3. The summed E-state index contributed by atoms with van der Waals surface area (Å²) in [6, 6.07) is 6.56. The van der Waals surface area contributed by atoms with Gasteiger partial charge in [0.2, 0.25) is 5.91 Å². The van der Waals surface area contributed by atoms with Gasteiger partial charge < -0.3 is 9.80 Å². The lowest BCUT2D eigenvalue weighted by Gasteiger charge is -2.30. The minimum Gasteiger partial charge on any atom is -0.334 e. The molecule has 0 spiro atoms. The zero-order valence-corrected chi connectivity index (χ0v) is 18.5. The van der Waals surface area contributed by atoms with Crippen LogP contribution >= 0.6 is 0 Å². The highest BCUT2D eigenvalue weighted by Gasteiger charge is 2.29. The van der Waals surface area contributed by atoms with Crippen LogP contribution in [0.25, 0.3) is 12.2 Å². The standard InChI is InChI=1S/C26H24F4N2O2/c27-21-5-3-17(13-23(21)29)11-19-15-32(25(33)7-10-31-8-1-2-9-31)16-20(26(19)34)12-18-4-6-22(28)24(30)14-18/h3-6,11-14H,1-2,7-10,15-16H2/b19-11+,20-12+. The van der Waals surface area contributed by atoms with Gasteiger partial charge in [0.05, 0.1) is 0 Å². The van der Waals surface area contributed by atoms with Gasteiger partial charge in [-0.25, -0.2) is 17.6 Å². The lowest BCUT2D eigenvalue weighted by atomic mass is 9.94. The number of benzene rings is 2. The van der Waals surface area contributed by atoms with E-state index in [-0.39, 0.29) is 47.7 Å². The Bertz CT molecular complexity index is 1100. The Morgan fingerprint density at radius 3 is 1.76 bits per heavy atom. The van der Waals surface area contributed by atoms with Gasteiger partial charge in [0.25, 0.3) is 0 Å². The van der Waals surface area contributed by atoms with Gasteiger partial charge >= 0.3 is 0 Å². The van der Waals surface area contributed by atoms with Gasteiger partial charge in [-0.2, -0.15) is 0 Å². The normalized spacial score (nSPS) is 19.4. The number of Topliss-reactive ketones (excluding diaryl/α,β-unsaturated/α-hetero) is 1. The van der Waals surface area contributed by atoms with Crippen molar-refractivity contribution in [3.63, 3.8) is 0 Å². The number of hydrogen-bond donors (Lipinski definition) is 0. The van der Waals surface area contributed by atoms with Crippen LogP contribution in [0, 0.1) is 23.3 Å². The largest absolute Gasteiger partial charge is 0.334 e. The van der Waals surface area contributed by atoms with Crippen molar-refractivity contribution in [3.8, 4) is 0 Å². The van der Waals surface area contributed by atoms with Gasteiger partial charge in [-0.1, -0.05) is 12.1 Å². The summed E-state index contributed by atoms with van der Waals surface area (Å²) in [6.07, 6.45) is 5.34. The molecule has 0 N–H and O–H groups in total. The highest BCUT2D eigenvalue weighted by Crippen LogP contribution is 2.24. The van der Waals surface area contributed by atoms with E-state index in [1.54, 1.807) is 0 Å². The molecule has 0 unspecified atom stereocenters. The predicted octanol–water partition coefficient (Wildman–Crippen LogP) is 4.61. The summed E-state index contributed by atoms with van der Waals surface area (Å²) in [4.78, 5) is 29.9. The van der Waals surface area contributed by atoms with Crippen LogP contribution in [0.1, 0.15) is 30.4 Å². The molecule has 2 aromatic carbocycles. The van der Waals surface area contributed by atoms with E-state index in [4.69, 9.17) is 0 Å². The quantitative estimate of drug-likeness (QED) is 0.472. The molecule has 2 aromatic rings. The fraction of sp³-hybridized carbons (Fsp3) is 0.308. The lowest BCUT2D eigenvalue weighted by Crippen LogP contribution is -2.42. The van der Waals surface area contributed by atoms with Crippen LogP contribution in [0.4, 0.5) is 17.6 Å². The lowest BCUT2D eigenvalue weighted by molar-refractivity contribution is -0.131. The van der Waals surface area contributed by atoms with E-state index < -0.39 is 29.1 Å². The summed E-state index contributed by atoms with van der Waals surface area (Å²) >= 11 is 0. The average Bonchev–Trinajstić information content (AvgIpc) is 3.33. The van der Waals surface area contributed by atoms with E-state index in [0.29, 0.717) is 6.54 Å². The van der Waals surface area contributed by atoms with E-state index >= 15 is 0 Å². The number of rotatable bonds is 5. The molecule has 0 aromatic heterocycles. The van der Waals surface area contributed by atoms with Crippen molar-refractivity contribution in [3.05, 3.63) is 81.9 Å². The summed E-state index contributed by atoms with van der Waals surface area (Å²) in [6.45, 7) is 2.56. The highest BCUT2D eigenvalue weighted by atomic mass is 19.2. The molecule has 178 valence electrons. The second-order valence-electron chi connectivity index (χ2n) is 8.56. The number of likely N-dealkylation sites (tertiary alicyclic amines) is 2. The Hall–Kier alpha value is -3.26. The molecule has 2 aliphatic heterocycles. The smallest absolute Gasteiger partial charge is 0.224 e. The number of piperidine rings is 1. The molecule has 2 saturated heterocycles. The van der Waals surface area contributed by atoms with Crippen molar-refractivity contribution >= 4 is 23.8 Å². The summed E-state index contributed by atoms with van der Waals surface area (Å²) in [7, 11) is 0. The monoisotopic (exact) mass is 472 g/mol. The molecular formula is C26H24F4N2O2. The van der Waals surface area contributed by atoms with Crippen molar-refractivity contribution < 1.29 is 27.2 Å². The van der Waals surface area contributed by atoms with E-state index in [1.165, 1.54) is 29.2 Å². The molecule has 0 bridgehead atoms. The van der Waals surface area contributed by atoms with Crippen molar-refractivity contribution in [2.75, 3.05) is 32.7 Å². The highest BCUT2D eigenvalue weighted by molar-refractivity contribution is 6.15. The molecule has 4 nitrogen and oxygen atoms in total. The molecular weight excluding hydrogens is 448 g/mol. The van der Waals surface area contributed by atoms with Gasteiger partial charge in [0.15, 0.2) is 29.1 Å². The number of amides is 1. The molecule has 2 aliphatic rings. The number of hydrogen-bond acceptors (Lipinski definition) is 3. The maximum absolute atomic E-state index is 13.7. The third-order valence-electron chi connectivity index (χ3n) is 6.07. The summed E-state index contributed by atoms with van der Waals surface area (Å²) < 4.78 is 54.0. The van der Waals surface area contributed by atoms with Crippen molar-refractivity contribution in [2.45, 2.75) is 19.3 Å². The number of ketones is 1. The van der Waals surface area contributed by atoms with Crippen LogP contribution < -0.4 is 0 Å². The van der Waals surface area contributed by atoms with Crippen LogP contribution in [-0.2, 0) is 9.59 Å². The second-order valence-corrected chi connectivity index (χ2v) is 8.56. The van der Waals surface area contributed by atoms with E-state index in [2.05, 4.69) is 4.90 Å². The number of halogens is 4. The van der Waals surface area contributed by atoms with E-state index in [1.807, 2.05) is 0 Å². The van der Waals surface area contributed by atoms with E-state index in [9.17, 15) is 27.2 Å². The zero-order valence-electron chi connectivity index (χ0n) is 18.5. The van der Waals surface area contributed by atoms with Crippen molar-refractivity contribution in [2.24, 2.45) is 0 Å². The summed E-state index contributed by atoms with van der Waals surface area (Å²) in [5.41, 5.74) is 1.00. The molecule has 8 heteroatoms. The molecule has 34 heavy (non-hydrogen) atoms. The van der Waals surface area contributed by atoms with Gasteiger partial charge in [-0.3, -0.25) is 9.59 Å². The van der Waals surface area contributed by atoms with Crippen molar-refractivity contribution in [1.82, 2.24) is 9.80 Å². The first-order chi connectivity index (χ1) is 16.3. The van der Waals surface area contributed by atoms with Crippen LogP contribution in [0.3, 0.4) is 0 Å². The third kappa shape index (κ3) is 5.62. The van der Waals surface area contributed by atoms with Crippen LogP contribution in [-0.4, -0.2) is 54.2 Å². The molecule has 2 fully saturated rings. The Kier molecular flexibility index (Phi) is 7.26. The molecule has 0 aliphatic carbocycles. The Balaban J connectivity index is 1.62. The molecule has 0 radical (unpaired) electrons. The first-order valence-corrected chi connectivity index (χ1v) is 11.2. The van der Waals surface area contributed by atoms with Gasteiger partial charge in [0, 0.05) is 37.2 Å². The third-order valence-corrected chi connectivity index (χ3v) is 6.07. The van der Waals surface area contributed by atoms with Gasteiger partial charge in [0.1, 0.15) is 0 Å². The first-order valence-electron chi connectivity index (χ1n) is 11.2. The topological polar surface area (TPSA) is 40.6 Å². The first kappa shape index (κ1) is 23.9. The fourth-order valence-electron chi connectivity index (χ4n) is 4.24. The Labute approximate surface area is 195 Å². The molecule has 4 rings (SSSR count). The number of nitrogens with zero attached hydrogens (tertiary/aromatic N) is 2. The molecule has 2 heterocycles. The number of carbonyl (C=O) groups excluding carboxylic acids is 2. The minimum atomic E-state index is -1.05. The van der Waals surface area contributed by atoms with Crippen LogP contribution in [0.15, 0.2) is 47.5 Å². The Morgan fingerprint density at radius 2 is 1.29 bits per heavy atom. The SMILES string of the molecule is O=C1/C(=C/c2ccc(F)c(F)c2)CN(C(=O)CCN2CCCC2)C/C1=C\c1ccc(F)c(F)c1. The fourth-order valence-corrected chi connectivity index (χ4v) is 4.24. The van der Waals surface area contributed by atoms with Crippen LogP contribution in [0.2, 0.25) is 0 Å². The average molecular weight is 472 g/mol. The summed E-state index contributed by atoms with van der Waals surface area (Å²) in [5, 5.41) is 0. The molecule has 1 amide bonds. The maximum atomic E-state index is 13.7. The number of carbonyl (C=O) groups is 2. The van der Waals surface area contributed by atoms with Crippen molar-refractivity contribution in [1.29, 1.82) is 0 Å². The Morgan fingerprint density at radius 1 is 0.794 bits per heavy atom. The summed E-state index contributed by atoms with van der Waals surface area (Å²) in [5.74, 6) is -4.64. The molecule has 0 atom stereocenters.